The molecule has 3 aromatic rings. The number of carbonyl (C=O) groups excluding carboxylic acids is 1. The van der Waals surface area contributed by atoms with Gasteiger partial charge < -0.3 is 14.0 Å². The third kappa shape index (κ3) is 2.86. The molecule has 0 spiro atoms. The standard InChI is InChI=1S/C21H21FN4O2/c22-21(6-2-7-21)20(27)25-9-10-28-18(13-25)19-17-5-4-16(12-26(17)14-24-19)15-3-1-8-23-11-15/h1,3-5,8,11-12,14,18H,2,6-7,9-10,13H2/t18-/m1/s1. The van der Waals surface area contributed by atoms with Crippen molar-refractivity contribution in [3.8, 4) is 11.1 Å². The monoisotopic (exact) mass is 380 g/mol. The van der Waals surface area contributed by atoms with E-state index in [1.807, 2.05) is 41.1 Å². The van der Waals surface area contributed by atoms with E-state index >= 15 is 0 Å². The Morgan fingerprint density at radius 3 is 2.89 bits per heavy atom. The number of morpholine rings is 1. The molecule has 1 atom stereocenters. The fraction of sp³-hybridized carbons (Fsp3) is 0.381. The third-order valence-electron chi connectivity index (χ3n) is 5.74. The molecule has 1 saturated heterocycles. The van der Waals surface area contributed by atoms with E-state index in [1.165, 1.54) is 0 Å². The average molecular weight is 380 g/mol. The molecule has 1 aliphatic carbocycles. The summed E-state index contributed by atoms with van der Waals surface area (Å²) in [5.74, 6) is -0.394. The Bertz CT molecular complexity index is 1020. The maximum absolute atomic E-state index is 14.6. The molecule has 3 aromatic heterocycles. The number of fused-ring (bicyclic) bond motifs is 1. The van der Waals surface area contributed by atoms with Crippen molar-refractivity contribution in [3.63, 3.8) is 0 Å². The summed E-state index contributed by atoms with van der Waals surface area (Å²) in [5, 5.41) is 0. The van der Waals surface area contributed by atoms with E-state index in [4.69, 9.17) is 4.74 Å². The van der Waals surface area contributed by atoms with E-state index < -0.39 is 11.6 Å². The van der Waals surface area contributed by atoms with Gasteiger partial charge in [-0.15, -0.1) is 0 Å². The van der Waals surface area contributed by atoms with Gasteiger partial charge in [-0.05, 0) is 37.0 Å². The van der Waals surface area contributed by atoms with Crippen LogP contribution in [0.25, 0.3) is 16.6 Å². The first-order valence-electron chi connectivity index (χ1n) is 9.61. The number of ether oxygens (including phenoxy) is 1. The number of imidazole rings is 1. The summed E-state index contributed by atoms with van der Waals surface area (Å²) in [6.45, 7) is 1.15. The van der Waals surface area contributed by atoms with Crippen LogP contribution in [0.15, 0.2) is 49.2 Å². The molecule has 28 heavy (non-hydrogen) atoms. The van der Waals surface area contributed by atoms with Crippen molar-refractivity contribution in [1.82, 2.24) is 19.3 Å². The molecular weight excluding hydrogens is 359 g/mol. The van der Waals surface area contributed by atoms with E-state index in [9.17, 15) is 9.18 Å². The number of hydrogen-bond donors (Lipinski definition) is 0. The van der Waals surface area contributed by atoms with Gasteiger partial charge in [0.2, 0.25) is 0 Å². The van der Waals surface area contributed by atoms with Crippen molar-refractivity contribution in [3.05, 3.63) is 54.9 Å². The lowest BCUT2D eigenvalue weighted by molar-refractivity contribution is -0.157. The fourth-order valence-electron chi connectivity index (χ4n) is 3.96. The summed E-state index contributed by atoms with van der Waals surface area (Å²) in [7, 11) is 0. The Morgan fingerprint density at radius 1 is 1.25 bits per heavy atom. The molecular formula is C21H21FN4O2. The van der Waals surface area contributed by atoms with Crippen molar-refractivity contribution < 1.29 is 13.9 Å². The Kier molecular flexibility index (Phi) is 4.12. The molecule has 2 aliphatic rings. The van der Waals surface area contributed by atoms with Gasteiger partial charge in [-0.25, -0.2) is 9.37 Å². The molecule has 4 heterocycles. The van der Waals surface area contributed by atoms with Gasteiger partial charge in [0, 0.05) is 30.7 Å². The molecule has 2 fully saturated rings. The van der Waals surface area contributed by atoms with Gasteiger partial charge in [-0.2, -0.15) is 0 Å². The smallest absolute Gasteiger partial charge is 0.260 e. The molecule has 0 radical (unpaired) electrons. The average Bonchev–Trinajstić information content (AvgIpc) is 3.15. The highest BCUT2D eigenvalue weighted by molar-refractivity contribution is 5.86. The summed E-state index contributed by atoms with van der Waals surface area (Å²) in [6, 6.07) is 7.93. The molecule has 1 amide bonds. The quantitative estimate of drug-likeness (QED) is 0.700. The van der Waals surface area contributed by atoms with Crippen molar-refractivity contribution in [1.29, 1.82) is 0 Å². The highest BCUT2D eigenvalue weighted by Gasteiger charge is 2.47. The Hall–Kier alpha value is -2.80. The second kappa shape index (κ2) is 6.67. The van der Waals surface area contributed by atoms with Crippen LogP contribution in [-0.4, -0.2) is 50.5 Å². The summed E-state index contributed by atoms with van der Waals surface area (Å²) >= 11 is 0. The van der Waals surface area contributed by atoms with Gasteiger partial charge in [0.15, 0.2) is 5.67 Å². The highest BCUT2D eigenvalue weighted by Crippen LogP contribution is 2.38. The zero-order valence-electron chi connectivity index (χ0n) is 15.4. The third-order valence-corrected chi connectivity index (χ3v) is 5.74. The molecule has 6 nitrogen and oxygen atoms in total. The van der Waals surface area contributed by atoms with Gasteiger partial charge >= 0.3 is 0 Å². The molecule has 7 heteroatoms. The van der Waals surface area contributed by atoms with Crippen LogP contribution in [0.4, 0.5) is 4.39 Å². The van der Waals surface area contributed by atoms with Gasteiger partial charge in [-0.1, -0.05) is 12.1 Å². The summed E-state index contributed by atoms with van der Waals surface area (Å²) in [6.07, 6.45) is 8.40. The minimum absolute atomic E-state index is 0.332. The van der Waals surface area contributed by atoms with E-state index in [2.05, 4.69) is 9.97 Å². The zero-order valence-corrected chi connectivity index (χ0v) is 15.4. The van der Waals surface area contributed by atoms with Crippen LogP contribution in [0.5, 0.6) is 0 Å². The van der Waals surface area contributed by atoms with Crippen LogP contribution in [-0.2, 0) is 9.53 Å². The minimum atomic E-state index is -1.67. The Morgan fingerprint density at radius 2 is 2.14 bits per heavy atom. The predicted octanol–water partition coefficient (Wildman–Crippen LogP) is 3.19. The van der Waals surface area contributed by atoms with Crippen LogP contribution in [0, 0.1) is 0 Å². The molecule has 1 saturated carbocycles. The van der Waals surface area contributed by atoms with Crippen LogP contribution in [0.1, 0.15) is 31.1 Å². The van der Waals surface area contributed by atoms with Crippen LogP contribution in [0.2, 0.25) is 0 Å². The van der Waals surface area contributed by atoms with Crippen molar-refractivity contribution >= 4 is 11.4 Å². The molecule has 0 aromatic carbocycles. The minimum Gasteiger partial charge on any atom is -0.368 e. The first-order valence-corrected chi connectivity index (χ1v) is 9.61. The number of nitrogens with zero attached hydrogens (tertiary/aromatic N) is 4. The molecule has 144 valence electrons. The van der Waals surface area contributed by atoms with Crippen molar-refractivity contribution in [2.75, 3.05) is 19.7 Å². The molecule has 0 unspecified atom stereocenters. The zero-order chi connectivity index (χ0) is 19.1. The number of aromatic nitrogens is 3. The van der Waals surface area contributed by atoms with Crippen molar-refractivity contribution in [2.45, 2.75) is 31.0 Å². The second-order valence-electron chi connectivity index (χ2n) is 7.51. The molecule has 5 rings (SSSR count). The first kappa shape index (κ1) is 17.3. The largest absolute Gasteiger partial charge is 0.368 e. The number of pyridine rings is 2. The lowest BCUT2D eigenvalue weighted by atomic mass is 9.81. The lowest BCUT2D eigenvalue weighted by Gasteiger charge is -2.40. The van der Waals surface area contributed by atoms with Gasteiger partial charge in [-0.3, -0.25) is 9.78 Å². The summed E-state index contributed by atoms with van der Waals surface area (Å²) in [5.41, 5.74) is 2.09. The number of hydrogen-bond acceptors (Lipinski definition) is 4. The number of amides is 1. The van der Waals surface area contributed by atoms with E-state index in [0.29, 0.717) is 32.5 Å². The molecule has 0 bridgehead atoms. The van der Waals surface area contributed by atoms with Crippen LogP contribution < -0.4 is 0 Å². The SMILES string of the molecule is O=C(N1CCO[C@@H](c2ncn3cc(-c4cccnc4)ccc23)C1)C1(F)CCC1. The Labute approximate surface area is 162 Å². The topological polar surface area (TPSA) is 59.7 Å². The molecule has 1 aliphatic heterocycles. The fourth-order valence-corrected chi connectivity index (χ4v) is 3.96. The summed E-state index contributed by atoms with van der Waals surface area (Å²) in [4.78, 5) is 22.8. The molecule has 0 N–H and O–H groups in total. The number of carbonyl (C=O) groups is 1. The van der Waals surface area contributed by atoms with E-state index in [0.717, 1.165) is 28.8 Å². The number of rotatable bonds is 3. The van der Waals surface area contributed by atoms with E-state index in [-0.39, 0.29) is 6.10 Å². The van der Waals surface area contributed by atoms with E-state index in [1.54, 1.807) is 17.4 Å². The summed E-state index contributed by atoms with van der Waals surface area (Å²) < 4.78 is 22.4. The van der Waals surface area contributed by atoms with Gasteiger partial charge in [0.25, 0.3) is 5.91 Å². The second-order valence-corrected chi connectivity index (χ2v) is 7.51. The number of halogens is 1. The van der Waals surface area contributed by atoms with Crippen LogP contribution in [0.3, 0.4) is 0 Å². The highest BCUT2D eigenvalue weighted by atomic mass is 19.1. The van der Waals surface area contributed by atoms with Gasteiger partial charge in [0.1, 0.15) is 6.10 Å². The van der Waals surface area contributed by atoms with Gasteiger partial charge in [0.05, 0.1) is 30.7 Å². The normalized spacial score (nSPS) is 21.5. The lowest BCUT2D eigenvalue weighted by Crippen LogP contribution is -2.53. The maximum atomic E-state index is 14.6. The Balaban J connectivity index is 1.40. The number of alkyl halides is 1. The predicted molar refractivity (Wildman–Crippen MR) is 101 cm³/mol. The first-order chi connectivity index (χ1) is 13.6. The van der Waals surface area contributed by atoms with Crippen molar-refractivity contribution in [2.24, 2.45) is 0 Å². The van der Waals surface area contributed by atoms with Crippen LogP contribution >= 0.6 is 0 Å². The maximum Gasteiger partial charge on any atom is 0.260 e.